The van der Waals surface area contributed by atoms with Gasteiger partial charge in [0.05, 0.1) is 11.1 Å². The zero-order valence-corrected chi connectivity index (χ0v) is 11.7. The zero-order valence-electron chi connectivity index (χ0n) is 11.7. The molecule has 0 radical (unpaired) electrons. The van der Waals surface area contributed by atoms with Gasteiger partial charge in [-0.05, 0) is 36.4 Å². The first-order chi connectivity index (χ1) is 10.5. The fraction of sp³-hybridized carbons (Fsp3) is 0.200. The summed E-state index contributed by atoms with van der Waals surface area (Å²) < 4.78 is 76.5. The van der Waals surface area contributed by atoms with Crippen molar-refractivity contribution in [3.05, 3.63) is 53.6 Å². The molecule has 2 nitrogen and oxygen atoms in total. The number of benzene rings is 2. The van der Waals surface area contributed by atoms with Gasteiger partial charge in [-0.25, -0.2) is 0 Å². The molecule has 8 heteroatoms. The molecule has 0 saturated heterocycles. The van der Waals surface area contributed by atoms with E-state index < -0.39 is 29.2 Å². The highest BCUT2D eigenvalue weighted by Gasteiger charge is 2.34. The van der Waals surface area contributed by atoms with Gasteiger partial charge in [0.1, 0.15) is 5.75 Å². The molecule has 0 saturated carbocycles. The molecule has 124 valence electrons. The monoisotopic (exact) mass is 335 g/mol. The maximum absolute atomic E-state index is 12.8. The molecule has 0 bridgehead atoms. The van der Waals surface area contributed by atoms with Crippen LogP contribution >= 0.6 is 0 Å². The van der Waals surface area contributed by atoms with Crippen LogP contribution in [-0.4, -0.2) is 12.2 Å². The van der Waals surface area contributed by atoms with Gasteiger partial charge in [-0.15, -0.1) is 0 Å². The predicted octanol–water partition coefficient (Wildman–Crippen LogP) is 5.20. The topological polar surface area (TPSA) is 23.5 Å². The maximum Gasteiger partial charge on any atom is 0.420 e. The van der Waals surface area contributed by atoms with E-state index in [-0.39, 0.29) is 11.4 Å². The van der Waals surface area contributed by atoms with E-state index in [2.05, 4.69) is 0 Å². The molecule has 0 aliphatic heterocycles. The van der Waals surface area contributed by atoms with Crippen molar-refractivity contribution < 1.29 is 31.4 Å². The Balaban J connectivity index is 2.44. The average Bonchev–Trinajstić information content (AvgIpc) is 2.45. The van der Waals surface area contributed by atoms with E-state index in [1.807, 2.05) is 0 Å². The van der Waals surface area contributed by atoms with Crippen LogP contribution in [0.15, 0.2) is 42.5 Å². The molecular weight excluding hydrogens is 324 g/mol. The molecule has 0 aliphatic rings. The second-order valence-electron chi connectivity index (χ2n) is 4.81. The van der Waals surface area contributed by atoms with Crippen molar-refractivity contribution in [3.8, 4) is 5.75 Å². The Morgan fingerprint density at radius 3 is 2.00 bits per heavy atom. The Labute approximate surface area is 127 Å². The predicted molar refractivity (Wildman–Crippen MR) is 72.6 cm³/mol. The quantitative estimate of drug-likeness (QED) is 0.763. The number of alkyl halides is 6. The van der Waals surface area contributed by atoms with Crippen LogP contribution in [-0.2, 0) is 12.4 Å². The Bertz CT molecular complexity index is 708. The summed E-state index contributed by atoms with van der Waals surface area (Å²) in [6.45, 7) is 0. The second kappa shape index (κ2) is 5.68. The van der Waals surface area contributed by atoms with E-state index in [4.69, 9.17) is 0 Å². The van der Waals surface area contributed by atoms with Gasteiger partial charge in [0.25, 0.3) is 0 Å². The molecule has 0 spiro atoms. The minimum absolute atomic E-state index is 0.00514. The van der Waals surface area contributed by atoms with Gasteiger partial charge < -0.3 is 10.0 Å². The fourth-order valence-corrected chi connectivity index (χ4v) is 2.00. The Hall–Kier alpha value is -2.38. The molecule has 0 heterocycles. The number of phenols is 1. The molecular formula is C15H11F6NO. The van der Waals surface area contributed by atoms with Crippen LogP contribution in [0.2, 0.25) is 0 Å². The van der Waals surface area contributed by atoms with Crippen molar-refractivity contribution >= 4 is 11.4 Å². The van der Waals surface area contributed by atoms with Crippen molar-refractivity contribution in [1.29, 1.82) is 0 Å². The number of hydrogen-bond donors (Lipinski definition) is 1. The summed E-state index contributed by atoms with van der Waals surface area (Å²) in [6, 6.07) is 6.92. The van der Waals surface area contributed by atoms with Crippen LogP contribution in [0.4, 0.5) is 37.7 Å². The minimum Gasteiger partial charge on any atom is -0.507 e. The lowest BCUT2D eigenvalue weighted by atomic mass is 10.1. The van der Waals surface area contributed by atoms with Crippen molar-refractivity contribution in [2.75, 3.05) is 11.9 Å². The summed E-state index contributed by atoms with van der Waals surface area (Å²) in [4.78, 5) is 1.17. The Kier molecular flexibility index (Phi) is 4.19. The van der Waals surface area contributed by atoms with Gasteiger partial charge in [0, 0.05) is 18.4 Å². The van der Waals surface area contributed by atoms with Crippen LogP contribution in [0.1, 0.15) is 11.1 Å². The summed E-state index contributed by atoms with van der Waals surface area (Å²) in [5, 5.41) is 9.29. The largest absolute Gasteiger partial charge is 0.507 e. The van der Waals surface area contributed by atoms with Gasteiger partial charge in [0.2, 0.25) is 0 Å². The maximum atomic E-state index is 12.8. The summed E-state index contributed by atoms with van der Waals surface area (Å²) >= 11 is 0. The van der Waals surface area contributed by atoms with Gasteiger partial charge in [-0.2, -0.15) is 26.3 Å². The summed E-state index contributed by atoms with van der Waals surface area (Å²) in [5.41, 5.74) is -2.10. The Morgan fingerprint density at radius 1 is 0.826 bits per heavy atom. The summed E-state index contributed by atoms with van der Waals surface area (Å²) in [6.07, 6.45) is -9.32. The number of aromatic hydroxyl groups is 1. The van der Waals surface area contributed by atoms with Crippen LogP contribution in [0, 0.1) is 0 Å². The number of rotatable bonds is 2. The van der Waals surface area contributed by atoms with Gasteiger partial charge in [0.15, 0.2) is 0 Å². The van der Waals surface area contributed by atoms with Crippen LogP contribution in [0.5, 0.6) is 5.75 Å². The third kappa shape index (κ3) is 3.69. The van der Waals surface area contributed by atoms with E-state index in [0.29, 0.717) is 6.07 Å². The van der Waals surface area contributed by atoms with Gasteiger partial charge >= 0.3 is 12.4 Å². The minimum atomic E-state index is -4.77. The van der Waals surface area contributed by atoms with Crippen LogP contribution in [0.3, 0.4) is 0 Å². The smallest absolute Gasteiger partial charge is 0.420 e. The average molecular weight is 335 g/mol. The first-order valence-corrected chi connectivity index (χ1v) is 6.31. The zero-order chi connectivity index (χ0) is 17.4. The van der Waals surface area contributed by atoms with E-state index in [1.54, 1.807) is 0 Å². The summed E-state index contributed by atoms with van der Waals surface area (Å²) in [7, 11) is 1.34. The fourth-order valence-electron chi connectivity index (χ4n) is 2.00. The molecule has 23 heavy (non-hydrogen) atoms. The van der Waals surface area contributed by atoms with Crippen LogP contribution in [0.25, 0.3) is 0 Å². The van der Waals surface area contributed by atoms with E-state index in [1.165, 1.54) is 30.1 Å². The van der Waals surface area contributed by atoms with E-state index in [9.17, 15) is 31.4 Å². The van der Waals surface area contributed by atoms with E-state index >= 15 is 0 Å². The van der Waals surface area contributed by atoms with Crippen molar-refractivity contribution in [1.82, 2.24) is 0 Å². The van der Waals surface area contributed by atoms with Crippen LogP contribution < -0.4 is 4.90 Å². The van der Waals surface area contributed by atoms with Crippen molar-refractivity contribution in [2.45, 2.75) is 12.4 Å². The highest BCUT2D eigenvalue weighted by atomic mass is 19.4. The molecule has 0 aliphatic carbocycles. The molecule has 2 rings (SSSR count). The van der Waals surface area contributed by atoms with E-state index in [0.717, 1.165) is 18.2 Å². The summed E-state index contributed by atoms with van der Waals surface area (Å²) in [5.74, 6) is -0.946. The highest BCUT2D eigenvalue weighted by molar-refractivity contribution is 5.65. The molecule has 0 aromatic heterocycles. The molecule has 0 fully saturated rings. The highest BCUT2D eigenvalue weighted by Crippen LogP contribution is 2.39. The lowest BCUT2D eigenvalue weighted by molar-refractivity contribution is -0.139. The molecule has 2 aromatic rings. The lowest BCUT2D eigenvalue weighted by Gasteiger charge is -2.22. The standard InChI is InChI=1S/C15H11F6NO/c1-22(10-4-2-3-9(7-10)14(16,17)18)11-5-6-13(23)12(8-11)15(19,20)21/h2-8,23H,1H3. The third-order valence-electron chi connectivity index (χ3n) is 3.23. The first-order valence-electron chi connectivity index (χ1n) is 6.31. The van der Waals surface area contributed by atoms with Gasteiger partial charge in [-0.3, -0.25) is 0 Å². The number of phenolic OH excluding ortho intramolecular Hbond substituents is 1. The Morgan fingerprint density at radius 2 is 1.43 bits per heavy atom. The SMILES string of the molecule is CN(c1cccc(C(F)(F)F)c1)c1ccc(O)c(C(F)(F)F)c1. The third-order valence-corrected chi connectivity index (χ3v) is 3.23. The molecule has 1 N–H and O–H groups in total. The normalized spacial score (nSPS) is 12.3. The lowest BCUT2D eigenvalue weighted by Crippen LogP contribution is -2.13. The first kappa shape index (κ1) is 17.0. The number of halogens is 6. The van der Waals surface area contributed by atoms with Crippen molar-refractivity contribution in [2.24, 2.45) is 0 Å². The van der Waals surface area contributed by atoms with Gasteiger partial charge in [-0.1, -0.05) is 6.07 Å². The number of anilines is 2. The second-order valence-corrected chi connectivity index (χ2v) is 4.81. The number of hydrogen-bond acceptors (Lipinski definition) is 2. The number of nitrogens with zero attached hydrogens (tertiary/aromatic N) is 1. The molecule has 0 amide bonds. The van der Waals surface area contributed by atoms with Crippen molar-refractivity contribution in [3.63, 3.8) is 0 Å². The molecule has 0 unspecified atom stereocenters. The molecule has 2 aromatic carbocycles. The molecule has 0 atom stereocenters.